The van der Waals surface area contributed by atoms with Crippen LogP contribution < -0.4 is 20.3 Å². The number of amides is 1. The SMILES string of the molecule is COc1cc2[nH]c3c(=O)n(CC(=O)NCCCc4ccccc4)cnc3c2cc1OC. The van der Waals surface area contributed by atoms with Crippen molar-refractivity contribution in [2.75, 3.05) is 20.8 Å². The highest BCUT2D eigenvalue weighted by atomic mass is 16.5. The van der Waals surface area contributed by atoms with Crippen LogP contribution in [0.3, 0.4) is 0 Å². The van der Waals surface area contributed by atoms with Crippen molar-refractivity contribution in [2.45, 2.75) is 19.4 Å². The van der Waals surface area contributed by atoms with Crippen molar-refractivity contribution >= 4 is 27.8 Å². The number of methoxy groups -OCH3 is 2. The number of aryl methyl sites for hydroxylation is 1. The van der Waals surface area contributed by atoms with Crippen LogP contribution in [0.1, 0.15) is 12.0 Å². The van der Waals surface area contributed by atoms with Gasteiger partial charge < -0.3 is 19.8 Å². The van der Waals surface area contributed by atoms with Gasteiger partial charge in [-0.2, -0.15) is 0 Å². The third-order valence-electron chi connectivity index (χ3n) is 5.20. The lowest BCUT2D eigenvalue weighted by Crippen LogP contribution is -2.33. The van der Waals surface area contributed by atoms with Crippen molar-refractivity contribution in [1.82, 2.24) is 19.9 Å². The van der Waals surface area contributed by atoms with Crippen molar-refractivity contribution < 1.29 is 14.3 Å². The zero-order valence-corrected chi connectivity index (χ0v) is 17.5. The van der Waals surface area contributed by atoms with E-state index in [1.165, 1.54) is 16.5 Å². The maximum atomic E-state index is 12.9. The molecule has 0 saturated heterocycles. The predicted molar refractivity (Wildman–Crippen MR) is 119 cm³/mol. The Hall–Kier alpha value is -3.81. The topological polar surface area (TPSA) is 98.2 Å². The van der Waals surface area contributed by atoms with E-state index in [9.17, 15) is 9.59 Å². The Labute approximate surface area is 178 Å². The van der Waals surface area contributed by atoms with E-state index in [1.807, 2.05) is 18.2 Å². The third kappa shape index (κ3) is 4.23. The summed E-state index contributed by atoms with van der Waals surface area (Å²) in [5.74, 6) is 0.879. The largest absolute Gasteiger partial charge is 0.493 e. The van der Waals surface area contributed by atoms with Crippen molar-refractivity contribution in [3.05, 3.63) is 64.7 Å². The van der Waals surface area contributed by atoms with Crippen molar-refractivity contribution in [1.29, 1.82) is 0 Å². The van der Waals surface area contributed by atoms with Gasteiger partial charge in [0.2, 0.25) is 5.91 Å². The first-order chi connectivity index (χ1) is 15.1. The average Bonchev–Trinajstić information content (AvgIpc) is 3.16. The summed E-state index contributed by atoms with van der Waals surface area (Å²) in [6, 6.07) is 13.6. The van der Waals surface area contributed by atoms with Crippen LogP contribution >= 0.6 is 0 Å². The van der Waals surface area contributed by atoms with Gasteiger partial charge >= 0.3 is 0 Å². The normalized spacial score (nSPS) is 11.0. The van der Waals surface area contributed by atoms with Crippen LogP contribution in [0.4, 0.5) is 0 Å². The molecular weight excluding hydrogens is 396 g/mol. The molecule has 2 heterocycles. The van der Waals surface area contributed by atoms with E-state index in [-0.39, 0.29) is 18.0 Å². The molecule has 0 saturated carbocycles. The summed E-state index contributed by atoms with van der Waals surface area (Å²) in [6.45, 7) is 0.458. The number of aromatic nitrogens is 3. The highest BCUT2D eigenvalue weighted by molar-refractivity contribution is 6.05. The van der Waals surface area contributed by atoms with Crippen LogP contribution in [-0.4, -0.2) is 41.2 Å². The molecule has 0 aliphatic heterocycles. The number of hydrogen-bond donors (Lipinski definition) is 2. The lowest BCUT2D eigenvalue weighted by Gasteiger charge is -2.07. The van der Waals surface area contributed by atoms with Gasteiger partial charge in [-0.05, 0) is 24.5 Å². The maximum Gasteiger partial charge on any atom is 0.278 e. The molecule has 0 atom stereocenters. The second-order valence-electron chi connectivity index (χ2n) is 7.22. The molecule has 31 heavy (non-hydrogen) atoms. The Bertz CT molecular complexity index is 1280. The highest BCUT2D eigenvalue weighted by Gasteiger charge is 2.15. The number of nitrogens with zero attached hydrogens (tertiary/aromatic N) is 2. The molecule has 160 valence electrons. The molecule has 0 unspecified atom stereocenters. The van der Waals surface area contributed by atoms with Gasteiger partial charge in [0.05, 0.1) is 26.1 Å². The molecule has 8 heteroatoms. The molecule has 0 spiro atoms. The van der Waals surface area contributed by atoms with Crippen molar-refractivity contribution in [2.24, 2.45) is 0 Å². The number of aromatic amines is 1. The van der Waals surface area contributed by atoms with E-state index < -0.39 is 0 Å². The lowest BCUT2D eigenvalue weighted by atomic mass is 10.1. The number of rotatable bonds is 8. The number of nitrogens with one attached hydrogen (secondary N) is 2. The predicted octanol–water partition coefficient (Wildman–Crippen LogP) is 2.64. The number of H-pyrrole nitrogens is 1. The zero-order chi connectivity index (χ0) is 21.8. The number of carbonyl (C=O) groups excluding carboxylic acids is 1. The molecule has 2 aromatic carbocycles. The van der Waals surface area contributed by atoms with Gasteiger partial charge in [-0.3, -0.25) is 14.2 Å². The molecule has 8 nitrogen and oxygen atoms in total. The molecule has 4 rings (SSSR count). The molecular formula is C23H24N4O4. The molecule has 0 aliphatic carbocycles. The number of carbonyl (C=O) groups is 1. The number of hydrogen-bond acceptors (Lipinski definition) is 5. The van der Waals surface area contributed by atoms with E-state index in [0.717, 1.165) is 18.2 Å². The average molecular weight is 420 g/mol. The first-order valence-corrected chi connectivity index (χ1v) is 10.0. The lowest BCUT2D eigenvalue weighted by molar-refractivity contribution is -0.121. The smallest absolute Gasteiger partial charge is 0.278 e. The molecule has 4 aromatic rings. The van der Waals surface area contributed by atoms with Crippen LogP contribution in [0, 0.1) is 0 Å². The standard InChI is InChI=1S/C23H24N4O4/c1-30-18-11-16-17(12-19(18)31-2)26-22-21(16)25-14-27(23(22)29)13-20(28)24-10-6-9-15-7-4-3-5-8-15/h3-5,7-8,11-12,14,26H,6,9-10,13H2,1-2H3,(H,24,28). The number of benzene rings is 2. The molecule has 0 bridgehead atoms. The fourth-order valence-corrected chi connectivity index (χ4v) is 3.61. The minimum absolute atomic E-state index is 0.0882. The molecule has 1 amide bonds. The summed E-state index contributed by atoms with van der Waals surface area (Å²) in [4.78, 5) is 32.7. The third-order valence-corrected chi connectivity index (χ3v) is 5.20. The Balaban J connectivity index is 1.48. The Morgan fingerprint density at radius 2 is 1.87 bits per heavy atom. The minimum atomic E-state index is -0.307. The van der Waals surface area contributed by atoms with Crippen LogP contribution in [0.25, 0.3) is 21.9 Å². The van der Waals surface area contributed by atoms with Gasteiger partial charge in [-0.15, -0.1) is 0 Å². The van der Waals surface area contributed by atoms with E-state index in [1.54, 1.807) is 26.4 Å². The van der Waals surface area contributed by atoms with Crippen molar-refractivity contribution in [3.63, 3.8) is 0 Å². The van der Waals surface area contributed by atoms with E-state index in [2.05, 4.69) is 27.4 Å². The van der Waals surface area contributed by atoms with Crippen LogP contribution in [-0.2, 0) is 17.8 Å². The van der Waals surface area contributed by atoms with Gasteiger partial charge in [0.25, 0.3) is 5.56 Å². The van der Waals surface area contributed by atoms with Gasteiger partial charge in [-0.25, -0.2) is 4.98 Å². The van der Waals surface area contributed by atoms with E-state index in [0.29, 0.717) is 34.6 Å². The molecule has 0 fully saturated rings. The monoisotopic (exact) mass is 420 g/mol. The zero-order valence-electron chi connectivity index (χ0n) is 17.5. The highest BCUT2D eigenvalue weighted by Crippen LogP contribution is 2.34. The summed E-state index contributed by atoms with van der Waals surface area (Å²) in [5.41, 5.74) is 2.50. The van der Waals surface area contributed by atoms with Crippen LogP contribution in [0.15, 0.2) is 53.6 Å². The molecule has 0 radical (unpaired) electrons. The second-order valence-corrected chi connectivity index (χ2v) is 7.22. The first kappa shape index (κ1) is 20.5. The van der Waals surface area contributed by atoms with Gasteiger partial charge in [-0.1, -0.05) is 30.3 Å². The van der Waals surface area contributed by atoms with E-state index >= 15 is 0 Å². The van der Waals surface area contributed by atoms with Crippen LogP contribution in [0.5, 0.6) is 11.5 Å². The first-order valence-electron chi connectivity index (χ1n) is 10.0. The fourth-order valence-electron chi connectivity index (χ4n) is 3.61. The van der Waals surface area contributed by atoms with Gasteiger partial charge in [0.1, 0.15) is 17.6 Å². The Kier molecular flexibility index (Phi) is 5.88. The summed E-state index contributed by atoms with van der Waals surface area (Å²) in [6.07, 6.45) is 3.11. The summed E-state index contributed by atoms with van der Waals surface area (Å²) in [7, 11) is 3.10. The second kappa shape index (κ2) is 8.91. The molecule has 2 aromatic heterocycles. The van der Waals surface area contributed by atoms with Gasteiger partial charge in [0, 0.05) is 18.0 Å². The molecule has 0 aliphatic rings. The van der Waals surface area contributed by atoms with Crippen LogP contribution in [0.2, 0.25) is 0 Å². The Morgan fingerprint density at radius 1 is 1.13 bits per heavy atom. The fraction of sp³-hybridized carbons (Fsp3) is 0.261. The maximum absolute atomic E-state index is 12.9. The summed E-state index contributed by atoms with van der Waals surface area (Å²) in [5, 5.41) is 3.62. The van der Waals surface area contributed by atoms with E-state index in [4.69, 9.17) is 9.47 Å². The van der Waals surface area contributed by atoms with Crippen molar-refractivity contribution in [3.8, 4) is 11.5 Å². The summed E-state index contributed by atoms with van der Waals surface area (Å²) >= 11 is 0. The minimum Gasteiger partial charge on any atom is -0.493 e. The number of ether oxygens (including phenoxy) is 2. The number of fused-ring (bicyclic) bond motifs is 3. The molecule has 2 N–H and O–H groups in total. The Morgan fingerprint density at radius 3 is 2.61 bits per heavy atom. The summed E-state index contributed by atoms with van der Waals surface area (Å²) < 4.78 is 12.0. The quantitative estimate of drug-likeness (QED) is 0.427. The van der Waals surface area contributed by atoms with Gasteiger partial charge in [0.15, 0.2) is 11.5 Å².